The summed E-state index contributed by atoms with van der Waals surface area (Å²) in [6.45, 7) is -2.69. The van der Waals surface area contributed by atoms with Gasteiger partial charge in [0.1, 0.15) is 18.2 Å². The van der Waals surface area contributed by atoms with E-state index in [-0.39, 0.29) is 11.1 Å². The fourth-order valence-corrected chi connectivity index (χ4v) is 4.03. The molecule has 0 spiro atoms. The van der Waals surface area contributed by atoms with Crippen molar-refractivity contribution in [3.8, 4) is 11.3 Å². The van der Waals surface area contributed by atoms with E-state index >= 15 is 0 Å². The summed E-state index contributed by atoms with van der Waals surface area (Å²) in [5.41, 5.74) is 3.82. The van der Waals surface area contributed by atoms with Crippen molar-refractivity contribution >= 4 is 32.7 Å². The van der Waals surface area contributed by atoms with Crippen molar-refractivity contribution in [2.24, 2.45) is 7.05 Å². The van der Waals surface area contributed by atoms with E-state index in [0.29, 0.717) is 16.6 Å². The number of furan rings is 1. The number of pyridine rings is 1. The first-order chi connectivity index (χ1) is 15.5. The summed E-state index contributed by atoms with van der Waals surface area (Å²) in [5, 5.41) is 3.27. The van der Waals surface area contributed by atoms with Crippen molar-refractivity contribution in [1.82, 2.24) is 0 Å². The van der Waals surface area contributed by atoms with Gasteiger partial charge in [-0.2, -0.15) is 0 Å². The van der Waals surface area contributed by atoms with E-state index in [1.165, 1.54) is 0 Å². The highest BCUT2D eigenvalue weighted by Gasteiger charge is 2.22. The van der Waals surface area contributed by atoms with Gasteiger partial charge in [0, 0.05) is 30.6 Å². The summed E-state index contributed by atoms with van der Waals surface area (Å²) in [6, 6.07) is 16.7. The standard InChI is InChI=1S/C25H22NO/c1-15-9-11-20(26(4)14-15)22-16(2)13-17(3)23-24-19-8-6-5-7-18(19)10-12-21(24)27-25(22)23/h5-14H,1-4H3/q+1/i1D3,3D3. The van der Waals surface area contributed by atoms with Crippen LogP contribution in [-0.4, -0.2) is 0 Å². The van der Waals surface area contributed by atoms with Gasteiger partial charge in [0.15, 0.2) is 6.20 Å². The molecule has 0 N–H and O–H groups in total. The maximum Gasteiger partial charge on any atom is 0.216 e. The summed E-state index contributed by atoms with van der Waals surface area (Å²) in [5.74, 6) is 0. The molecule has 2 nitrogen and oxygen atoms in total. The topological polar surface area (TPSA) is 17.0 Å². The molecule has 2 heteroatoms. The van der Waals surface area contributed by atoms with E-state index in [2.05, 4.69) is 0 Å². The van der Waals surface area contributed by atoms with Gasteiger partial charge in [-0.05, 0) is 54.7 Å². The number of rotatable bonds is 1. The van der Waals surface area contributed by atoms with Crippen molar-refractivity contribution < 1.29 is 17.2 Å². The van der Waals surface area contributed by atoms with Gasteiger partial charge in [-0.15, -0.1) is 0 Å². The van der Waals surface area contributed by atoms with Crippen molar-refractivity contribution in [3.05, 3.63) is 77.5 Å². The van der Waals surface area contributed by atoms with E-state index in [4.69, 9.17) is 12.6 Å². The highest BCUT2D eigenvalue weighted by molar-refractivity contribution is 6.21. The maximum absolute atomic E-state index is 8.21. The van der Waals surface area contributed by atoms with Crippen LogP contribution in [0.25, 0.3) is 44.0 Å². The first kappa shape index (κ1) is 10.9. The summed E-state index contributed by atoms with van der Waals surface area (Å²) >= 11 is 0. The van der Waals surface area contributed by atoms with Crippen molar-refractivity contribution in [1.29, 1.82) is 0 Å². The fourth-order valence-electron chi connectivity index (χ4n) is 4.03. The molecular formula is C25H22NO+. The summed E-state index contributed by atoms with van der Waals surface area (Å²) < 4.78 is 55.8. The predicted molar refractivity (Wildman–Crippen MR) is 112 cm³/mol. The van der Waals surface area contributed by atoms with Crippen molar-refractivity contribution in [3.63, 3.8) is 0 Å². The zero-order valence-corrected chi connectivity index (χ0v) is 15.1. The monoisotopic (exact) mass is 358 g/mol. The quantitative estimate of drug-likeness (QED) is 0.328. The van der Waals surface area contributed by atoms with Gasteiger partial charge in [-0.1, -0.05) is 36.4 Å². The highest BCUT2D eigenvalue weighted by atomic mass is 16.3. The number of benzene rings is 3. The molecule has 3 aromatic carbocycles. The Labute approximate surface area is 167 Å². The fraction of sp³-hybridized carbons (Fsp3) is 0.160. The molecule has 132 valence electrons. The Bertz CT molecular complexity index is 1560. The summed E-state index contributed by atoms with van der Waals surface area (Å²) in [7, 11) is 1.78. The zero-order valence-electron chi connectivity index (χ0n) is 21.1. The van der Waals surface area contributed by atoms with E-state index < -0.39 is 13.7 Å². The Morgan fingerprint density at radius 1 is 0.926 bits per heavy atom. The van der Waals surface area contributed by atoms with Gasteiger partial charge in [0.25, 0.3) is 0 Å². The lowest BCUT2D eigenvalue weighted by molar-refractivity contribution is -0.660. The van der Waals surface area contributed by atoms with Crippen LogP contribution in [0.1, 0.15) is 24.9 Å². The van der Waals surface area contributed by atoms with Gasteiger partial charge in [-0.3, -0.25) is 0 Å². The smallest absolute Gasteiger partial charge is 0.216 e. The number of fused-ring (bicyclic) bond motifs is 5. The molecule has 5 aromatic rings. The average Bonchev–Trinajstić information content (AvgIpc) is 3.12. The minimum atomic E-state index is -2.33. The van der Waals surface area contributed by atoms with E-state index in [0.717, 1.165) is 33.0 Å². The maximum atomic E-state index is 8.21. The lowest BCUT2D eigenvalue weighted by atomic mass is 9.95. The van der Waals surface area contributed by atoms with Gasteiger partial charge in [0.2, 0.25) is 5.69 Å². The molecule has 0 atom stereocenters. The molecule has 0 bridgehead atoms. The third-order valence-electron chi connectivity index (χ3n) is 5.22. The number of hydrogen-bond acceptors (Lipinski definition) is 1. The lowest BCUT2D eigenvalue weighted by Crippen LogP contribution is -2.31. The Balaban J connectivity index is 1.95. The van der Waals surface area contributed by atoms with Crippen LogP contribution in [0, 0.1) is 20.6 Å². The van der Waals surface area contributed by atoms with E-state index in [1.807, 2.05) is 43.3 Å². The Morgan fingerprint density at radius 2 is 1.81 bits per heavy atom. The Hall–Kier alpha value is -3.13. The molecule has 5 rings (SSSR count). The van der Waals surface area contributed by atoms with Gasteiger partial charge >= 0.3 is 0 Å². The number of aromatic nitrogens is 1. The molecule has 27 heavy (non-hydrogen) atoms. The normalized spacial score (nSPS) is 15.9. The van der Waals surface area contributed by atoms with Crippen LogP contribution in [0.5, 0.6) is 0 Å². The third kappa shape index (κ3) is 2.30. The van der Waals surface area contributed by atoms with Crippen molar-refractivity contribution in [2.75, 3.05) is 0 Å². The van der Waals surface area contributed by atoms with E-state index in [1.54, 1.807) is 36.0 Å². The van der Waals surface area contributed by atoms with Crippen LogP contribution in [0.15, 0.2) is 65.2 Å². The van der Waals surface area contributed by atoms with Gasteiger partial charge in [-0.25, -0.2) is 4.57 Å². The Kier molecular flexibility index (Phi) is 2.29. The molecular weight excluding hydrogens is 330 g/mol. The number of aryl methyl sites for hydroxylation is 4. The molecule has 2 heterocycles. The van der Waals surface area contributed by atoms with Crippen LogP contribution < -0.4 is 4.57 Å². The van der Waals surface area contributed by atoms with Crippen LogP contribution >= 0.6 is 0 Å². The zero-order chi connectivity index (χ0) is 23.7. The van der Waals surface area contributed by atoms with Crippen molar-refractivity contribution in [2.45, 2.75) is 20.6 Å². The molecule has 2 aromatic heterocycles. The molecule has 0 aliphatic carbocycles. The predicted octanol–water partition coefficient (Wildman–Crippen LogP) is 6.16. The first-order valence-electron chi connectivity index (χ1n) is 11.9. The molecule has 0 saturated heterocycles. The van der Waals surface area contributed by atoms with E-state index in [9.17, 15) is 0 Å². The Morgan fingerprint density at radius 3 is 2.63 bits per heavy atom. The molecule has 0 saturated carbocycles. The second-order valence-corrected chi connectivity index (χ2v) is 7.00. The largest absolute Gasteiger partial charge is 0.455 e. The average molecular weight is 358 g/mol. The van der Waals surface area contributed by atoms with Crippen LogP contribution in [-0.2, 0) is 7.05 Å². The SMILES string of the molecule is [2H]C([2H])([2H])c1ccc(-c2c(C)cc(C([2H])([2H])[2H])c3c2oc2ccc4ccccc4c23)[n+](C)c1. The third-order valence-corrected chi connectivity index (χ3v) is 5.22. The number of nitrogens with zero attached hydrogens (tertiary/aromatic N) is 1. The van der Waals surface area contributed by atoms with Crippen LogP contribution in [0.2, 0.25) is 0 Å². The van der Waals surface area contributed by atoms with Crippen LogP contribution in [0.4, 0.5) is 0 Å². The highest BCUT2D eigenvalue weighted by Crippen LogP contribution is 2.41. The molecule has 0 fully saturated rings. The van der Waals surface area contributed by atoms with Gasteiger partial charge < -0.3 is 4.42 Å². The molecule has 0 aliphatic rings. The lowest BCUT2D eigenvalue weighted by Gasteiger charge is -2.08. The minimum Gasteiger partial charge on any atom is -0.455 e. The molecule has 0 radical (unpaired) electrons. The molecule has 0 unspecified atom stereocenters. The van der Waals surface area contributed by atoms with Crippen LogP contribution in [0.3, 0.4) is 0 Å². The number of hydrogen-bond donors (Lipinski definition) is 0. The second kappa shape index (κ2) is 5.68. The minimum absolute atomic E-state index is 0.234. The van der Waals surface area contributed by atoms with Gasteiger partial charge in [0.05, 0.1) is 5.56 Å². The molecule has 0 aliphatic heterocycles. The molecule has 0 amide bonds. The first-order valence-corrected chi connectivity index (χ1v) is 8.85. The summed E-state index contributed by atoms with van der Waals surface area (Å²) in [6.07, 6.45) is 1.59. The summed E-state index contributed by atoms with van der Waals surface area (Å²) in [4.78, 5) is 0. The second-order valence-electron chi connectivity index (χ2n) is 7.00.